The summed E-state index contributed by atoms with van der Waals surface area (Å²) in [6.07, 6.45) is 2.36. The lowest BCUT2D eigenvalue weighted by Gasteiger charge is -2.25. The number of benzene rings is 1. The fourth-order valence-electron chi connectivity index (χ4n) is 2.42. The Balaban J connectivity index is 1.92. The van der Waals surface area contributed by atoms with E-state index in [2.05, 4.69) is 46.4 Å². The van der Waals surface area contributed by atoms with Crippen molar-refractivity contribution >= 4 is 15.9 Å². The van der Waals surface area contributed by atoms with Crippen LogP contribution in [0.25, 0.3) is 0 Å². The van der Waals surface area contributed by atoms with Gasteiger partial charge in [-0.1, -0.05) is 35.0 Å². The molecule has 3 nitrogen and oxygen atoms in total. The monoisotopic (exact) mass is 341 g/mol. The predicted molar refractivity (Wildman–Crippen MR) is 84.9 cm³/mol. The molecular weight excluding hydrogens is 318 g/mol. The molecule has 0 aliphatic carbocycles. The smallest absolute Gasteiger partial charge is 0.0949 e. The zero-order valence-corrected chi connectivity index (χ0v) is 13.7. The summed E-state index contributed by atoms with van der Waals surface area (Å²) in [5, 5.41) is 3.39. The van der Waals surface area contributed by atoms with Gasteiger partial charge in [-0.2, -0.15) is 0 Å². The van der Waals surface area contributed by atoms with Crippen molar-refractivity contribution in [3.8, 4) is 0 Å². The average molecular weight is 342 g/mol. The van der Waals surface area contributed by atoms with Crippen LogP contribution in [0.1, 0.15) is 31.4 Å². The third kappa shape index (κ3) is 5.17. The molecule has 112 valence electrons. The summed E-state index contributed by atoms with van der Waals surface area (Å²) >= 11 is 3.53. The van der Waals surface area contributed by atoms with Crippen LogP contribution in [0, 0.1) is 5.92 Å². The highest BCUT2D eigenvalue weighted by Crippen LogP contribution is 2.23. The minimum absolute atomic E-state index is 0.121. The SMILES string of the molecule is CCNCC(OCC1CCOCC1)c1cccc(Br)c1. The van der Waals surface area contributed by atoms with E-state index in [-0.39, 0.29) is 6.10 Å². The molecule has 0 aromatic heterocycles. The first-order chi connectivity index (χ1) is 9.79. The average Bonchev–Trinajstić information content (AvgIpc) is 2.48. The van der Waals surface area contributed by atoms with Crippen molar-refractivity contribution in [3.05, 3.63) is 34.3 Å². The second kappa shape index (κ2) is 8.78. The van der Waals surface area contributed by atoms with Crippen LogP contribution in [0.3, 0.4) is 0 Å². The molecule has 0 spiro atoms. The van der Waals surface area contributed by atoms with E-state index >= 15 is 0 Å². The van der Waals surface area contributed by atoms with E-state index in [0.717, 1.165) is 50.2 Å². The fraction of sp³-hybridized carbons (Fsp3) is 0.625. The third-order valence-electron chi connectivity index (χ3n) is 3.67. The zero-order valence-electron chi connectivity index (χ0n) is 12.1. The van der Waals surface area contributed by atoms with Crippen molar-refractivity contribution < 1.29 is 9.47 Å². The molecule has 1 unspecified atom stereocenters. The maximum atomic E-state index is 6.19. The lowest BCUT2D eigenvalue weighted by Crippen LogP contribution is -2.26. The van der Waals surface area contributed by atoms with Gasteiger partial charge in [0.1, 0.15) is 0 Å². The first-order valence-corrected chi connectivity index (χ1v) is 8.24. The van der Waals surface area contributed by atoms with Gasteiger partial charge in [0.25, 0.3) is 0 Å². The highest BCUT2D eigenvalue weighted by atomic mass is 79.9. The van der Waals surface area contributed by atoms with Crippen LogP contribution in [0.4, 0.5) is 0 Å². The maximum Gasteiger partial charge on any atom is 0.0949 e. The van der Waals surface area contributed by atoms with E-state index in [1.807, 2.05) is 6.07 Å². The van der Waals surface area contributed by atoms with Gasteiger partial charge in [-0.25, -0.2) is 0 Å². The number of halogens is 1. The summed E-state index contributed by atoms with van der Waals surface area (Å²) in [4.78, 5) is 0. The molecule has 4 heteroatoms. The van der Waals surface area contributed by atoms with Gasteiger partial charge in [0, 0.05) is 24.2 Å². The van der Waals surface area contributed by atoms with Gasteiger partial charge >= 0.3 is 0 Å². The molecule has 1 aromatic carbocycles. The molecule has 1 fully saturated rings. The first-order valence-electron chi connectivity index (χ1n) is 7.45. The molecular formula is C16H24BrNO2. The van der Waals surface area contributed by atoms with Crippen LogP contribution >= 0.6 is 15.9 Å². The third-order valence-corrected chi connectivity index (χ3v) is 4.17. The van der Waals surface area contributed by atoms with E-state index in [9.17, 15) is 0 Å². The van der Waals surface area contributed by atoms with Gasteiger partial charge in [-0.05, 0) is 43.0 Å². The quantitative estimate of drug-likeness (QED) is 0.822. The van der Waals surface area contributed by atoms with Gasteiger partial charge in [-0.3, -0.25) is 0 Å². The van der Waals surface area contributed by atoms with Crippen LogP contribution in [0.5, 0.6) is 0 Å². The van der Waals surface area contributed by atoms with Crippen molar-refractivity contribution in [2.24, 2.45) is 5.92 Å². The Kier molecular flexibility index (Phi) is 7.00. The number of hydrogen-bond acceptors (Lipinski definition) is 3. The van der Waals surface area contributed by atoms with Gasteiger partial charge in [-0.15, -0.1) is 0 Å². The molecule has 1 N–H and O–H groups in total. The Bertz CT molecular complexity index is 394. The van der Waals surface area contributed by atoms with Crippen molar-refractivity contribution in [2.45, 2.75) is 25.9 Å². The normalized spacial score (nSPS) is 18.1. The molecule has 1 aliphatic rings. The largest absolute Gasteiger partial charge is 0.381 e. The first kappa shape index (κ1) is 16.0. The lowest BCUT2D eigenvalue weighted by atomic mass is 10.0. The minimum Gasteiger partial charge on any atom is -0.381 e. The molecule has 1 aliphatic heterocycles. The van der Waals surface area contributed by atoms with Crippen molar-refractivity contribution in [2.75, 3.05) is 32.9 Å². The van der Waals surface area contributed by atoms with E-state index in [0.29, 0.717) is 5.92 Å². The van der Waals surface area contributed by atoms with Gasteiger partial charge in [0.05, 0.1) is 12.7 Å². The summed E-state index contributed by atoms with van der Waals surface area (Å²) in [7, 11) is 0. The fourth-order valence-corrected chi connectivity index (χ4v) is 2.84. The number of likely N-dealkylation sites (N-methyl/N-ethyl adjacent to an activating group) is 1. The highest BCUT2D eigenvalue weighted by Gasteiger charge is 2.18. The second-order valence-electron chi connectivity index (χ2n) is 5.24. The highest BCUT2D eigenvalue weighted by molar-refractivity contribution is 9.10. The molecule has 20 heavy (non-hydrogen) atoms. The number of rotatable bonds is 7. The molecule has 1 aromatic rings. The molecule has 1 atom stereocenters. The number of nitrogens with one attached hydrogen (secondary N) is 1. The van der Waals surface area contributed by atoms with Crippen molar-refractivity contribution in [1.82, 2.24) is 5.32 Å². The van der Waals surface area contributed by atoms with Gasteiger partial charge in [0.15, 0.2) is 0 Å². The van der Waals surface area contributed by atoms with Crippen LogP contribution < -0.4 is 5.32 Å². The number of ether oxygens (including phenoxy) is 2. The van der Waals surface area contributed by atoms with Crippen molar-refractivity contribution in [1.29, 1.82) is 0 Å². The summed E-state index contributed by atoms with van der Waals surface area (Å²) in [5.74, 6) is 0.639. The lowest BCUT2D eigenvalue weighted by molar-refractivity contribution is -0.0112. The summed E-state index contributed by atoms with van der Waals surface area (Å²) in [6.45, 7) is 6.52. The second-order valence-corrected chi connectivity index (χ2v) is 6.16. The zero-order chi connectivity index (χ0) is 14.2. The summed E-state index contributed by atoms with van der Waals surface area (Å²) in [6, 6.07) is 8.39. The van der Waals surface area contributed by atoms with E-state index in [1.165, 1.54) is 5.56 Å². The Morgan fingerprint density at radius 1 is 1.40 bits per heavy atom. The standard InChI is InChI=1S/C16H24BrNO2/c1-2-18-11-16(14-4-3-5-15(17)10-14)20-12-13-6-8-19-9-7-13/h3-5,10,13,16,18H,2,6-9,11-12H2,1H3. The van der Waals surface area contributed by atoms with E-state index < -0.39 is 0 Å². The topological polar surface area (TPSA) is 30.5 Å². The minimum atomic E-state index is 0.121. The van der Waals surface area contributed by atoms with Gasteiger partial charge in [0.2, 0.25) is 0 Å². The molecule has 0 saturated carbocycles. The molecule has 0 radical (unpaired) electrons. The van der Waals surface area contributed by atoms with E-state index in [1.54, 1.807) is 0 Å². The van der Waals surface area contributed by atoms with Crippen LogP contribution in [0.15, 0.2) is 28.7 Å². The summed E-state index contributed by atoms with van der Waals surface area (Å²) < 4.78 is 12.7. The Morgan fingerprint density at radius 2 is 2.20 bits per heavy atom. The molecule has 0 amide bonds. The Morgan fingerprint density at radius 3 is 2.90 bits per heavy atom. The molecule has 1 heterocycles. The van der Waals surface area contributed by atoms with Crippen LogP contribution in [-0.2, 0) is 9.47 Å². The maximum absolute atomic E-state index is 6.19. The molecule has 1 saturated heterocycles. The molecule has 0 bridgehead atoms. The summed E-state index contributed by atoms with van der Waals surface area (Å²) in [5.41, 5.74) is 1.23. The number of hydrogen-bond donors (Lipinski definition) is 1. The predicted octanol–water partition coefficient (Wildman–Crippen LogP) is 3.54. The van der Waals surface area contributed by atoms with Crippen molar-refractivity contribution in [3.63, 3.8) is 0 Å². The van der Waals surface area contributed by atoms with Crippen LogP contribution in [-0.4, -0.2) is 32.9 Å². The van der Waals surface area contributed by atoms with E-state index in [4.69, 9.17) is 9.47 Å². The molecule has 2 rings (SSSR count). The van der Waals surface area contributed by atoms with Crippen LogP contribution in [0.2, 0.25) is 0 Å². The Hall–Kier alpha value is -0.420. The van der Waals surface area contributed by atoms with Gasteiger partial charge < -0.3 is 14.8 Å². The Labute approximate surface area is 130 Å².